The van der Waals surface area contributed by atoms with Crippen LogP contribution in [0.15, 0.2) is 47.1 Å². The molecule has 1 aromatic carbocycles. The normalized spacial score (nSPS) is 30.4. The zero-order valence-corrected chi connectivity index (χ0v) is 16.8. The molecule has 2 N–H and O–H groups in total. The van der Waals surface area contributed by atoms with Crippen LogP contribution in [0.1, 0.15) is 25.8 Å². The van der Waals surface area contributed by atoms with Crippen LogP contribution in [-0.4, -0.2) is 46.7 Å². The summed E-state index contributed by atoms with van der Waals surface area (Å²) >= 11 is 0. The number of fused-ring (bicyclic) bond motifs is 3. The fraction of sp³-hybridized carbons (Fsp3) is 0.435. The van der Waals surface area contributed by atoms with Gasteiger partial charge in [0.2, 0.25) is 0 Å². The van der Waals surface area contributed by atoms with Gasteiger partial charge in [-0.25, -0.2) is 0 Å². The van der Waals surface area contributed by atoms with E-state index in [1.807, 2.05) is 6.92 Å². The first kappa shape index (κ1) is 20.3. The van der Waals surface area contributed by atoms with E-state index in [0.29, 0.717) is 23.1 Å². The molecule has 0 bridgehead atoms. The summed E-state index contributed by atoms with van der Waals surface area (Å²) in [7, 11) is 0. The lowest BCUT2D eigenvalue weighted by Crippen LogP contribution is -2.36. The molecule has 1 aliphatic heterocycles. The SMILES string of the molecule is CC1=C2C(=O)C=C(COC(=O)Cc3ccc(O)cc3)C2C2OC(=O)[C@@H](C)C2[C@@H](O)C1. The molecular formula is C23H24O7. The van der Waals surface area contributed by atoms with Gasteiger partial charge in [-0.1, -0.05) is 24.6 Å². The van der Waals surface area contributed by atoms with Crippen LogP contribution in [0.2, 0.25) is 0 Å². The summed E-state index contributed by atoms with van der Waals surface area (Å²) in [6.07, 6.45) is 0.374. The lowest BCUT2D eigenvalue weighted by atomic mass is 9.79. The molecule has 4 rings (SSSR count). The van der Waals surface area contributed by atoms with Crippen molar-refractivity contribution in [1.82, 2.24) is 0 Å². The summed E-state index contributed by atoms with van der Waals surface area (Å²) in [6, 6.07) is 6.26. The number of phenolic OH excluding ortho intramolecular Hbond substituents is 1. The Labute approximate surface area is 174 Å². The number of aromatic hydroxyl groups is 1. The van der Waals surface area contributed by atoms with Crippen LogP contribution >= 0.6 is 0 Å². The maximum absolute atomic E-state index is 12.7. The molecule has 2 aliphatic carbocycles. The number of hydrogen-bond acceptors (Lipinski definition) is 7. The van der Waals surface area contributed by atoms with Crippen LogP contribution in [-0.2, 0) is 30.3 Å². The maximum atomic E-state index is 12.7. The Morgan fingerprint density at radius 3 is 2.63 bits per heavy atom. The molecule has 1 fully saturated rings. The first-order chi connectivity index (χ1) is 14.3. The number of esters is 2. The van der Waals surface area contributed by atoms with Gasteiger partial charge in [0.15, 0.2) is 5.78 Å². The van der Waals surface area contributed by atoms with Crippen molar-refractivity contribution in [1.29, 1.82) is 0 Å². The Balaban J connectivity index is 1.52. The Morgan fingerprint density at radius 2 is 1.93 bits per heavy atom. The minimum atomic E-state index is -0.777. The van der Waals surface area contributed by atoms with Gasteiger partial charge in [0.1, 0.15) is 18.5 Å². The molecule has 1 aromatic rings. The number of ketones is 1. The highest BCUT2D eigenvalue weighted by molar-refractivity contribution is 6.09. The molecule has 7 heteroatoms. The van der Waals surface area contributed by atoms with Crippen LogP contribution in [0.3, 0.4) is 0 Å². The molecule has 0 radical (unpaired) electrons. The highest BCUT2D eigenvalue weighted by atomic mass is 16.6. The molecule has 0 aromatic heterocycles. The molecule has 158 valence electrons. The summed E-state index contributed by atoms with van der Waals surface area (Å²) in [5, 5.41) is 20.0. The summed E-state index contributed by atoms with van der Waals surface area (Å²) in [5.41, 5.74) is 2.59. The number of carbonyl (C=O) groups is 3. The lowest BCUT2D eigenvalue weighted by Gasteiger charge is -2.27. The van der Waals surface area contributed by atoms with Gasteiger partial charge in [-0.15, -0.1) is 0 Å². The van der Waals surface area contributed by atoms with Crippen molar-refractivity contribution in [3.05, 3.63) is 52.6 Å². The predicted molar refractivity (Wildman–Crippen MR) is 105 cm³/mol. The largest absolute Gasteiger partial charge is 0.508 e. The molecular weight excluding hydrogens is 388 g/mol. The topological polar surface area (TPSA) is 110 Å². The molecule has 5 atom stereocenters. The summed E-state index contributed by atoms with van der Waals surface area (Å²) < 4.78 is 11.0. The van der Waals surface area contributed by atoms with Crippen LogP contribution in [0.25, 0.3) is 0 Å². The number of benzene rings is 1. The molecule has 1 heterocycles. The van der Waals surface area contributed by atoms with Gasteiger partial charge >= 0.3 is 11.9 Å². The number of rotatable bonds is 4. The number of aliphatic hydroxyl groups is 1. The highest BCUT2D eigenvalue weighted by Crippen LogP contribution is 2.47. The minimum Gasteiger partial charge on any atom is -0.508 e. The average Bonchev–Trinajstić information content (AvgIpc) is 3.14. The zero-order chi connectivity index (χ0) is 21.6. The van der Waals surface area contributed by atoms with E-state index in [-0.39, 0.29) is 30.5 Å². The predicted octanol–water partition coefficient (Wildman–Crippen LogP) is 1.86. The van der Waals surface area contributed by atoms with Gasteiger partial charge in [-0.2, -0.15) is 0 Å². The van der Waals surface area contributed by atoms with E-state index in [4.69, 9.17) is 9.47 Å². The fourth-order valence-electron chi connectivity index (χ4n) is 4.82. The average molecular weight is 412 g/mol. The van der Waals surface area contributed by atoms with E-state index in [0.717, 1.165) is 5.57 Å². The van der Waals surface area contributed by atoms with Crippen molar-refractivity contribution in [3.63, 3.8) is 0 Å². The van der Waals surface area contributed by atoms with Crippen LogP contribution in [0, 0.1) is 17.8 Å². The van der Waals surface area contributed by atoms with Gasteiger partial charge in [-0.3, -0.25) is 14.4 Å². The van der Waals surface area contributed by atoms with Gasteiger partial charge in [0, 0.05) is 17.4 Å². The van der Waals surface area contributed by atoms with Crippen LogP contribution in [0.5, 0.6) is 5.75 Å². The summed E-state index contributed by atoms with van der Waals surface area (Å²) in [6.45, 7) is 3.45. The third-order valence-corrected chi connectivity index (χ3v) is 6.31. The van der Waals surface area contributed by atoms with Crippen molar-refractivity contribution in [2.75, 3.05) is 6.61 Å². The first-order valence-corrected chi connectivity index (χ1v) is 10.0. The number of ether oxygens (including phenoxy) is 2. The Bertz CT molecular complexity index is 956. The van der Waals surface area contributed by atoms with Crippen molar-refractivity contribution in [2.24, 2.45) is 17.8 Å². The molecule has 7 nitrogen and oxygen atoms in total. The van der Waals surface area contributed by atoms with Crippen molar-refractivity contribution < 1.29 is 34.1 Å². The standard InChI is InChI=1S/C23H24O7/c1-11-7-16(25)20-12(2)23(28)30-22(20)21-14(9-17(26)19(11)21)10-29-18(27)8-13-3-5-15(24)6-4-13/h3-6,9,12,16,20-22,24-25H,7-8,10H2,1-2H3/t12-,16-,20?,21?,22?/m0/s1. The molecule has 0 amide bonds. The Kier molecular flexibility index (Phi) is 5.24. The van der Waals surface area contributed by atoms with Crippen molar-refractivity contribution in [2.45, 2.75) is 38.9 Å². The Morgan fingerprint density at radius 1 is 1.23 bits per heavy atom. The van der Waals surface area contributed by atoms with E-state index in [2.05, 4.69) is 0 Å². The molecule has 0 saturated carbocycles. The lowest BCUT2D eigenvalue weighted by molar-refractivity contribution is -0.146. The number of aliphatic hydroxyl groups excluding tert-OH is 1. The molecule has 3 aliphatic rings. The van der Waals surface area contributed by atoms with Crippen LogP contribution in [0.4, 0.5) is 0 Å². The maximum Gasteiger partial charge on any atom is 0.310 e. The third kappa shape index (κ3) is 3.54. The molecule has 30 heavy (non-hydrogen) atoms. The Hall–Kier alpha value is -2.93. The van der Waals surface area contributed by atoms with Crippen molar-refractivity contribution in [3.8, 4) is 5.75 Å². The number of carbonyl (C=O) groups excluding carboxylic acids is 3. The zero-order valence-electron chi connectivity index (χ0n) is 16.8. The van der Waals surface area contributed by atoms with E-state index in [9.17, 15) is 24.6 Å². The second kappa shape index (κ2) is 7.72. The van der Waals surface area contributed by atoms with Crippen molar-refractivity contribution >= 4 is 17.7 Å². The second-order valence-corrected chi connectivity index (χ2v) is 8.30. The monoisotopic (exact) mass is 412 g/mol. The highest BCUT2D eigenvalue weighted by Gasteiger charge is 2.54. The first-order valence-electron chi connectivity index (χ1n) is 10.0. The van der Waals surface area contributed by atoms with Gasteiger partial charge in [-0.05, 0) is 42.7 Å². The second-order valence-electron chi connectivity index (χ2n) is 8.30. The quantitative estimate of drug-likeness (QED) is 0.727. The third-order valence-electron chi connectivity index (χ3n) is 6.31. The molecule has 3 unspecified atom stereocenters. The van der Waals surface area contributed by atoms with Crippen LogP contribution < -0.4 is 0 Å². The molecule has 0 spiro atoms. The minimum absolute atomic E-state index is 0.0324. The van der Waals surface area contributed by atoms with E-state index in [1.54, 1.807) is 19.1 Å². The van der Waals surface area contributed by atoms with E-state index >= 15 is 0 Å². The summed E-state index contributed by atoms with van der Waals surface area (Å²) in [5.74, 6) is -2.32. The van der Waals surface area contributed by atoms with E-state index < -0.39 is 35.9 Å². The number of hydrogen-bond donors (Lipinski definition) is 2. The van der Waals surface area contributed by atoms with Gasteiger partial charge < -0.3 is 19.7 Å². The molecule has 1 saturated heterocycles. The summed E-state index contributed by atoms with van der Waals surface area (Å²) in [4.78, 5) is 37.2. The number of allylic oxidation sites excluding steroid dienone is 1. The van der Waals surface area contributed by atoms with E-state index in [1.165, 1.54) is 18.2 Å². The number of phenols is 1. The fourth-order valence-corrected chi connectivity index (χ4v) is 4.82. The smallest absolute Gasteiger partial charge is 0.310 e. The van der Waals surface area contributed by atoms with Gasteiger partial charge in [0.25, 0.3) is 0 Å². The van der Waals surface area contributed by atoms with Gasteiger partial charge in [0.05, 0.1) is 18.4 Å².